The Morgan fingerprint density at radius 3 is 2.94 bits per heavy atom. The molecule has 1 N–H and O–H groups in total. The van der Waals surface area contributed by atoms with Crippen LogP contribution >= 0.6 is 12.4 Å². The summed E-state index contributed by atoms with van der Waals surface area (Å²) in [6, 6.07) is 0. The van der Waals surface area contributed by atoms with Crippen molar-refractivity contribution >= 4 is 12.4 Å². The number of aromatic nitrogens is 2. The second kappa shape index (κ2) is 7.45. The van der Waals surface area contributed by atoms with E-state index in [-0.39, 0.29) is 12.4 Å². The van der Waals surface area contributed by atoms with Crippen molar-refractivity contribution < 1.29 is 4.74 Å². The van der Waals surface area contributed by atoms with Gasteiger partial charge in [0.2, 0.25) is 5.88 Å². The lowest BCUT2D eigenvalue weighted by molar-refractivity contribution is 0.245. The summed E-state index contributed by atoms with van der Waals surface area (Å²) in [5.74, 6) is 1.43. The Bertz CT molecular complexity index is 329. The number of piperidine rings is 1. The van der Waals surface area contributed by atoms with Crippen LogP contribution in [0.25, 0.3) is 0 Å². The normalized spacial score (nSPS) is 19.5. The predicted octanol–water partition coefficient (Wildman–Crippen LogP) is 1.98. The standard InChI is InChI=1S/C12H19N3O.ClH/c1-10-12(15-7-6-14-10)16-8-4-11-3-2-5-13-9-11;/h6-7,11,13H,2-5,8-9H2,1H3;1H. The molecular weight excluding hydrogens is 238 g/mol. The molecule has 1 atom stereocenters. The average molecular weight is 258 g/mol. The number of hydrogen-bond acceptors (Lipinski definition) is 4. The molecule has 2 heterocycles. The van der Waals surface area contributed by atoms with Gasteiger partial charge in [-0.15, -0.1) is 12.4 Å². The molecule has 1 aromatic heterocycles. The Hall–Kier alpha value is -0.870. The molecule has 1 fully saturated rings. The van der Waals surface area contributed by atoms with Gasteiger partial charge in [0.05, 0.1) is 12.3 Å². The number of nitrogens with one attached hydrogen (secondary N) is 1. The lowest BCUT2D eigenvalue weighted by atomic mass is 9.97. The fourth-order valence-corrected chi connectivity index (χ4v) is 2.03. The smallest absolute Gasteiger partial charge is 0.235 e. The highest BCUT2D eigenvalue weighted by Gasteiger charge is 2.13. The summed E-state index contributed by atoms with van der Waals surface area (Å²) in [7, 11) is 0. The van der Waals surface area contributed by atoms with Crippen LogP contribution in [0.15, 0.2) is 12.4 Å². The van der Waals surface area contributed by atoms with E-state index in [4.69, 9.17) is 4.74 Å². The van der Waals surface area contributed by atoms with Gasteiger partial charge in [0.25, 0.3) is 0 Å². The van der Waals surface area contributed by atoms with Crippen LogP contribution in [0.2, 0.25) is 0 Å². The molecule has 96 valence electrons. The van der Waals surface area contributed by atoms with Crippen molar-refractivity contribution in [1.29, 1.82) is 0 Å². The van der Waals surface area contributed by atoms with Crippen LogP contribution in [0.1, 0.15) is 25.0 Å². The second-order valence-corrected chi connectivity index (χ2v) is 4.30. The molecule has 1 aliphatic rings. The zero-order valence-electron chi connectivity index (χ0n) is 10.2. The Balaban J connectivity index is 0.00000144. The highest BCUT2D eigenvalue weighted by Crippen LogP contribution is 2.15. The molecule has 0 radical (unpaired) electrons. The minimum atomic E-state index is 0. The summed E-state index contributed by atoms with van der Waals surface area (Å²) in [5.41, 5.74) is 0.865. The first-order chi connectivity index (χ1) is 7.86. The molecule has 5 heteroatoms. The summed E-state index contributed by atoms with van der Waals surface area (Å²) in [6.45, 7) is 4.96. The molecule has 0 aromatic carbocycles. The van der Waals surface area contributed by atoms with Gasteiger partial charge in [0, 0.05) is 12.4 Å². The maximum Gasteiger partial charge on any atom is 0.235 e. The molecule has 1 unspecified atom stereocenters. The molecule has 0 aliphatic carbocycles. The van der Waals surface area contributed by atoms with Crippen LogP contribution in [-0.4, -0.2) is 29.7 Å². The molecule has 0 amide bonds. The van der Waals surface area contributed by atoms with Gasteiger partial charge in [0.15, 0.2) is 0 Å². The van der Waals surface area contributed by atoms with Crippen molar-refractivity contribution in [2.75, 3.05) is 19.7 Å². The Morgan fingerprint density at radius 2 is 2.24 bits per heavy atom. The van der Waals surface area contributed by atoms with Gasteiger partial charge >= 0.3 is 0 Å². The van der Waals surface area contributed by atoms with E-state index in [0.717, 1.165) is 31.2 Å². The Kier molecular flexibility index (Phi) is 6.22. The van der Waals surface area contributed by atoms with Gasteiger partial charge < -0.3 is 10.1 Å². The van der Waals surface area contributed by atoms with E-state index in [9.17, 15) is 0 Å². The molecule has 0 bridgehead atoms. The maximum atomic E-state index is 5.64. The minimum absolute atomic E-state index is 0. The first-order valence-corrected chi connectivity index (χ1v) is 5.97. The number of nitrogens with zero attached hydrogens (tertiary/aromatic N) is 2. The van der Waals surface area contributed by atoms with Crippen LogP contribution < -0.4 is 10.1 Å². The quantitative estimate of drug-likeness (QED) is 0.896. The van der Waals surface area contributed by atoms with E-state index >= 15 is 0 Å². The predicted molar refractivity (Wildman–Crippen MR) is 69.7 cm³/mol. The van der Waals surface area contributed by atoms with Gasteiger partial charge in [0.1, 0.15) is 0 Å². The van der Waals surface area contributed by atoms with Crippen LogP contribution in [-0.2, 0) is 0 Å². The Labute approximate surface area is 109 Å². The summed E-state index contributed by atoms with van der Waals surface area (Å²) < 4.78 is 5.64. The van der Waals surface area contributed by atoms with E-state index in [2.05, 4.69) is 15.3 Å². The van der Waals surface area contributed by atoms with Crippen molar-refractivity contribution in [3.63, 3.8) is 0 Å². The third-order valence-electron chi connectivity index (χ3n) is 3.00. The lowest BCUT2D eigenvalue weighted by Crippen LogP contribution is -2.30. The van der Waals surface area contributed by atoms with Gasteiger partial charge in [-0.25, -0.2) is 4.98 Å². The topological polar surface area (TPSA) is 47.0 Å². The number of rotatable bonds is 4. The van der Waals surface area contributed by atoms with Crippen LogP contribution in [0.3, 0.4) is 0 Å². The summed E-state index contributed by atoms with van der Waals surface area (Å²) >= 11 is 0. The van der Waals surface area contributed by atoms with Gasteiger partial charge in [-0.05, 0) is 45.2 Å². The first kappa shape index (κ1) is 14.2. The van der Waals surface area contributed by atoms with Crippen molar-refractivity contribution in [3.8, 4) is 5.88 Å². The Morgan fingerprint density at radius 1 is 1.41 bits per heavy atom. The second-order valence-electron chi connectivity index (χ2n) is 4.30. The molecule has 0 saturated carbocycles. The fourth-order valence-electron chi connectivity index (χ4n) is 2.03. The van der Waals surface area contributed by atoms with Gasteiger partial charge in [-0.1, -0.05) is 0 Å². The highest BCUT2D eigenvalue weighted by atomic mass is 35.5. The van der Waals surface area contributed by atoms with Crippen molar-refractivity contribution in [2.24, 2.45) is 5.92 Å². The average Bonchev–Trinajstić information content (AvgIpc) is 2.33. The minimum Gasteiger partial charge on any atom is -0.476 e. The van der Waals surface area contributed by atoms with Crippen molar-refractivity contribution in [1.82, 2.24) is 15.3 Å². The fraction of sp³-hybridized carbons (Fsp3) is 0.667. The third kappa shape index (κ3) is 4.48. The third-order valence-corrected chi connectivity index (χ3v) is 3.00. The summed E-state index contributed by atoms with van der Waals surface area (Å²) in [5, 5.41) is 3.41. The van der Waals surface area contributed by atoms with Gasteiger partial charge in [-0.3, -0.25) is 4.98 Å². The summed E-state index contributed by atoms with van der Waals surface area (Å²) in [6.07, 6.45) is 7.06. The molecule has 1 saturated heterocycles. The van der Waals surface area contributed by atoms with E-state index < -0.39 is 0 Å². The molecule has 2 rings (SSSR count). The molecule has 1 aromatic rings. The molecule has 4 nitrogen and oxygen atoms in total. The number of aryl methyl sites for hydroxylation is 1. The largest absolute Gasteiger partial charge is 0.476 e. The maximum absolute atomic E-state index is 5.64. The summed E-state index contributed by atoms with van der Waals surface area (Å²) in [4.78, 5) is 8.31. The number of ether oxygens (including phenoxy) is 1. The van der Waals surface area contributed by atoms with Gasteiger partial charge in [-0.2, -0.15) is 0 Å². The monoisotopic (exact) mass is 257 g/mol. The molecule has 1 aliphatic heterocycles. The zero-order chi connectivity index (χ0) is 11.2. The van der Waals surface area contributed by atoms with E-state index in [0.29, 0.717) is 5.88 Å². The molecule has 17 heavy (non-hydrogen) atoms. The molecule has 0 spiro atoms. The highest BCUT2D eigenvalue weighted by molar-refractivity contribution is 5.85. The number of halogens is 1. The SMILES string of the molecule is Cc1nccnc1OCCC1CCCNC1.Cl. The first-order valence-electron chi connectivity index (χ1n) is 5.97. The van der Waals surface area contributed by atoms with Crippen molar-refractivity contribution in [2.45, 2.75) is 26.2 Å². The molecular formula is C12H20ClN3O. The lowest BCUT2D eigenvalue weighted by Gasteiger charge is -2.22. The van der Waals surface area contributed by atoms with E-state index in [1.165, 1.54) is 19.4 Å². The van der Waals surface area contributed by atoms with E-state index in [1.807, 2.05) is 6.92 Å². The zero-order valence-corrected chi connectivity index (χ0v) is 11.0. The van der Waals surface area contributed by atoms with Crippen molar-refractivity contribution in [3.05, 3.63) is 18.1 Å². The van der Waals surface area contributed by atoms with Crippen LogP contribution in [0, 0.1) is 12.8 Å². The van der Waals surface area contributed by atoms with E-state index in [1.54, 1.807) is 12.4 Å². The number of hydrogen-bond donors (Lipinski definition) is 1. The van der Waals surface area contributed by atoms with Crippen LogP contribution in [0.5, 0.6) is 5.88 Å². The van der Waals surface area contributed by atoms with Crippen LogP contribution in [0.4, 0.5) is 0 Å².